The first kappa shape index (κ1) is 19.4. The van der Waals surface area contributed by atoms with Crippen LogP contribution in [0.5, 0.6) is 0 Å². The van der Waals surface area contributed by atoms with Gasteiger partial charge in [-0.15, -0.1) is 0 Å². The van der Waals surface area contributed by atoms with Gasteiger partial charge in [0.2, 0.25) is 5.91 Å². The maximum absolute atomic E-state index is 12.2. The highest BCUT2D eigenvalue weighted by atomic mass is 16.6. The Morgan fingerprint density at radius 3 is 2.90 bits per heavy atom. The number of anilines is 1. The lowest BCUT2D eigenvalue weighted by Crippen LogP contribution is -2.36. The molecule has 0 radical (unpaired) electrons. The zero-order valence-corrected chi connectivity index (χ0v) is 16.8. The first-order valence-electron chi connectivity index (χ1n) is 10.1. The summed E-state index contributed by atoms with van der Waals surface area (Å²) in [7, 11) is 0. The molecule has 0 spiro atoms. The molecule has 0 saturated heterocycles. The van der Waals surface area contributed by atoms with E-state index >= 15 is 0 Å². The van der Waals surface area contributed by atoms with Gasteiger partial charge >= 0.3 is 6.09 Å². The van der Waals surface area contributed by atoms with Crippen molar-refractivity contribution in [2.24, 2.45) is 0 Å². The number of hydrogen-bond acceptors (Lipinski definition) is 5. The van der Waals surface area contributed by atoms with E-state index < -0.39 is 0 Å². The zero-order valence-electron chi connectivity index (χ0n) is 16.8. The van der Waals surface area contributed by atoms with Gasteiger partial charge in [0.05, 0.1) is 6.42 Å². The number of rotatable bonds is 6. The van der Waals surface area contributed by atoms with Crippen LogP contribution in [-0.4, -0.2) is 38.8 Å². The highest BCUT2D eigenvalue weighted by Gasteiger charge is 2.40. The molecule has 2 aliphatic carbocycles. The topological polar surface area (TPSA) is 109 Å². The number of hydrogen-bond donors (Lipinski definition) is 3. The fraction of sp³-hybridized carbons (Fsp3) is 0.524. The third kappa shape index (κ3) is 5.13. The number of alkyl carbamates (subject to hydrolysis) is 1. The summed E-state index contributed by atoms with van der Waals surface area (Å²) in [5.74, 6) is 0.585. The average molecular weight is 397 g/mol. The van der Waals surface area contributed by atoms with Gasteiger partial charge in [0, 0.05) is 35.1 Å². The molecule has 2 fully saturated rings. The summed E-state index contributed by atoms with van der Waals surface area (Å²) in [6, 6.07) is 5.66. The molecule has 0 unspecified atom stereocenters. The number of carbonyl (C=O) groups is 2. The number of ether oxygens (including phenoxy) is 1. The molecular formula is C21H27N5O3. The number of aromatic nitrogens is 3. The van der Waals surface area contributed by atoms with E-state index in [9.17, 15) is 9.59 Å². The first-order chi connectivity index (χ1) is 13.9. The van der Waals surface area contributed by atoms with Gasteiger partial charge in [-0.3, -0.25) is 14.9 Å². The van der Waals surface area contributed by atoms with E-state index in [4.69, 9.17) is 4.74 Å². The minimum Gasteiger partial charge on any atom is -0.446 e. The van der Waals surface area contributed by atoms with Gasteiger partial charge in [0.1, 0.15) is 6.10 Å². The van der Waals surface area contributed by atoms with Crippen molar-refractivity contribution in [3.63, 3.8) is 0 Å². The Bertz CT molecular complexity index is 905. The van der Waals surface area contributed by atoms with Crippen LogP contribution in [0.2, 0.25) is 0 Å². The maximum atomic E-state index is 12.2. The normalized spacial score (nSPS) is 22.1. The Labute approximate surface area is 169 Å². The van der Waals surface area contributed by atoms with Crippen LogP contribution < -0.4 is 10.6 Å². The SMILES string of the molecule is Cc1ccnc(CC(=O)Nc2cc([C@H]3CC[C@@H](OC(=O)NC4(C)CC4)C3)[nH]n2)c1. The van der Waals surface area contributed by atoms with Crippen molar-refractivity contribution in [2.45, 2.75) is 69.9 Å². The first-order valence-corrected chi connectivity index (χ1v) is 10.1. The molecule has 154 valence electrons. The van der Waals surface area contributed by atoms with E-state index in [2.05, 4.69) is 25.8 Å². The van der Waals surface area contributed by atoms with Crippen LogP contribution in [0.3, 0.4) is 0 Å². The summed E-state index contributed by atoms with van der Waals surface area (Å²) < 4.78 is 5.57. The minimum atomic E-state index is -0.321. The molecule has 4 rings (SSSR count). The summed E-state index contributed by atoms with van der Waals surface area (Å²) in [5.41, 5.74) is 2.68. The Morgan fingerprint density at radius 1 is 1.31 bits per heavy atom. The van der Waals surface area contributed by atoms with Gasteiger partial charge < -0.3 is 15.4 Å². The molecule has 2 saturated carbocycles. The summed E-state index contributed by atoms with van der Waals surface area (Å²) in [6.07, 6.45) is 6.02. The van der Waals surface area contributed by atoms with Gasteiger partial charge in [-0.2, -0.15) is 5.10 Å². The predicted molar refractivity (Wildman–Crippen MR) is 108 cm³/mol. The smallest absolute Gasteiger partial charge is 0.407 e. The van der Waals surface area contributed by atoms with Crippen LogP contribution in [-0.2, 0) is 16.0 Å². The van der Waals surface area contributed by atoms with Gasteiger partial charge in [-0.1, -0.05) is 0 Å². The van der Waals surface area contributed by atoms with Crippen molar-refractivity contribution in [2.75, 3.05) is 5.32 Å². The molecule has 8 heteroatoms. The van der Waals surface area contributed by atoms with Crippen LogP contribution in [0, 0.1) is 6.92 Å². The van der Waals surface area contributed by atoms with Gasteiger partial charge in [0.15, 0.2) is 5.82 Å². The molecule has 2 aliphatic rings. The summed E-state index contributed by atoms with van der Waals surface area (Å²) in [5, 5.41) is 13.0. The molecule has 2 aromatic heterocycles. The van der Waals surface area contributed by atoms with Crippen molar-refractivity contribution in [3.8, 4) is 0 Å². The number of carbonyl (C=O) groups excluding carboxylic acids is 2. The molecule has 2 aromatic rings. The summed E-state index contributed by atoms with van der Waals surface area (Å²) in [6.45, 7) is 4.00. The fourth-order valence-corrected chi connectivity index (χ4v) is 3.73. The van der Waals surface area contributed by atoms with E-state index in [1.807, 2.05) is 32.0 Å². The van der Waals surface area contributed by atoms with E-state index in [1.54, 1.807) is 6.20 Å². The van der Waals surface area contributed by atoms with E-state index in [0.717, 1.165) is 49.1 Å². The lowest BCUT2D eigenvalue weighted by atomic mass is 10.0. The molecule has 29 heavy (non-hydrogen) atoms. The molecule has 0 aliphatic heterocycles. The van der Waals surface area contributed by atoms with E-state index in [-0.39, 0.29) is 36.0 Å². The highest BCUT2D eigenvalue weighted by Crippen LogP contribution is 2.37. The Balaban J connectivity index is 1.26. The Hall–Kier alpha value is -2.90. The van der Waals surface area contributed by atoms with E-state index in [0.29, 0.717) is 5.82 Å². The monoisotopic (exact) mass is 397 g/mol. The fourth-order valence-electron chi connectivity index (χ4n) is 3.73. The van der Waals surface area contributed by atoms with Gasteiger partial charge in [-0.25, -0.2) is 4.79 Å². The number of pyridine rings is 1. The second-order valence-corrected chi connectivity index (χ2v) is 8.48. The molecule has 0 bridgehead atoms. The zero-order chi connectivity index (χ0) is 20.4. The minimum absolute atomic E-state index is 0.0699. The third-order valence-corrected chi connectivity index (χ3v) is 5.68. The van der Waals surface area contributed by atoms with Crippen LogP contribution in [0.15, 0.2) is 24.4 Å². The van der Waals surface area contributed by atoms with Gasteiger partial charge in [-0.05, 0) is 63.6 Å². The van der Waals surface area contributed by atoms with Crippen LogP contribution in [0.25, 0.3) is 0 Å². The largest absolute Gasteiger partial charge is 0.446 e. The lowest BCUT2D eigenvalue weighted by Gasteiger charge is -2.16. The number of H-pyrrole nitrogens is 1. The van der Waals surface area contributed by atoms with Crippen molar-refractivity contribution in [3.05, 3.63) is 41.3 Å². The molecule has 3 N–H and O–H groups in total. The molecule has 0 aromatic carbocycles. The van der Waals surface area contributed by atoms with Crippen molar-refractivity contribution in [1.29, 1.82) is 0 Å². The number of nitrogens with zero attached hydrogens (tertiary/aromatic N) is 2. The van der Waals surface area contributed by atoms with Crippen molar-refractivity contribution >= 4 is 17.8 Å². The van der Waals surface area contributed by atoms with Crippen LogP contribution >= 0.6 is 0 Å². The van der Waals surface area contributed by atoms with E-state index in [1.165, 1.54) is 0 Å². The summed E-state index contributed by atoms with van der Waals surface area (Å²) >= 11 is 0. The molecule has 8 nitrogen and oxygen atoms in total. The standard InChI is InChI=1S/C21H27N5O3/c1-13-5-8-22-15(9-13)11-19(27)23-18-12-17(25-26-18)14-3-4-16(10-14)29-20(28)24-21(2)6-7-21/h5,8-9,12,14,16H,3-4,6-7,10-11H2,1-2H3,(H,24,28)(H2,23,25,26,27)/t14-,16+/m0/s1. The maximum Gasteiger partial charge on any atom is 0.407 e. The van der Waals surface area contributed by atoms with Crippen LogP contribution in [0.1, 0.15) is 61.9 Å². The lowest BCUT2D eigenvalue weighted by molar-refractivity contribution is -0.115. The molecule has 2 atom stereocenters. The third-order valence-electron chi connectivity index (χ3n) is 5.68. The number of aromatic amines is 1. The number of aryl methyl sites for hydroxylation is 1. The van der Waals surface area contributed by atoms with Gasteiger partial charge in [0.25, 0.3) is 0 Å². The summed E-state index contributed by atoms with van der Waals surface area (Å²) in [4.78, 5) is 28.4. The predicted octanol–water partition coefficient (Wildman–Crippen LogP) is 3.21. The average Bonchev–Trinajstić information content (AvgIpc) is 3.05. The van der Waals surface area contributed by atoms with Crippen molar-refractivity contribution < 1.29 is 14.3 Å². The molecule has 2 amide bonds. The van der Waals surface area contributed by atoms with Crippen LogP contribution in [0.4, 0.5) is 10.6 Å². The number of nitrogens with one attached hydrogen (secondary N) is 3. The molecular weight excluding hydrogens is 370 g/mol. The number of amides is 2. The Morgan fingerprint density at radius 2 is 2.14 bits per heavy atom. The second kappa shape index (κ2) is 7.85. The second-order valence-electron chi connectivity index (χ2n) is 8.48. The van der Waals surface area contributed by atoms with Crippen molar-refractivity contribution in [1.82, 2.24) is 20.5 Å². The highest BCUT2D eigenvalue weighted by molar-refractivity contribution is 5.91. The quantitative estimate of drug-likeness (QED) is 0.693. The molecule has 2 heterocycles. The Kier molecular flexibility index (Phi) is 5.25.